The van der Waals surface area contributed by atoms with Gasteiger partial charge in [0.1, 0.15) is 5.56 Å². The molecule has 0 saturated carbocycles. The Balaban J connectivity index is 1.94. The summed E-state index contributed by atoms with van der Waals surface area (Å²) in [5.74, 6) is -0.351. The van der Waals surface area contributed by atoms with Crippen molar-refractivity contribution in [3.8, 4) is 0 Å². The zero-order chi connectivity index (χ0) is 18.9. The van der Waals surface area contributed by atoms with E-state index in [1.807, 2.05) is 35.0 Å². The molecule has 0 aliphatic carbocycles. The molecular weight excluding hydrogens is 328 g/mol. The standard InChI is InChI=1S/C20H24N4O2/c1-20(2,3)17(12-24-10-9-21-13-24)22-18(25)15-11-14-7-5-6-8-16(14)23(4)19(15)26/h5-11,13,17H,12H2,1-4H3,(H,22,25). The number of rotatable bonds is 4. The van der Waals surface area contributed by atoms with E-state index in [2.05, 4.69) is 31.1 Å². The number of carbonyl (C=O) groups is 1. The number of hydrogen-bond acceptors (Lipinski definition) is 3. The van der Waals surface area contributed by atoms with Crippen molar-refractivity contribution < 1.29 is 4.79 Å². The predicted molar refractivity (Wildman–Crippen MR) is 102 cm³/mol. The van der Waals surface area contributed by atoms with E-state index in [1.165, 1.54) is 4.57 Å². The summed E-state index contributed by atoms with van der Waals surface area (Å²) in [5.41, 5.74) is 0.490. The molecule has 0 aliphatic heterocycles. The van der Waals surface area contributed by atoms with Gasteiger partial charge in [0.25, 0.3) is 11.5 Å². The number of aromatic nitrogens is 3. The second-order valence-electron chi connectivity index (χ2n) is 7.63. The molecule has 136 valence electrons. The lowest BCUT2D eigenvalue weighted by atomic mass is 9.86. The summed E-state index contributed by atoms with van der Waals surface area (Å²) in [5, 5.41) is 3.91. The Bertz CT molecular complexity index is 981. The summed E-state index contributed by atoms with van der Waals surface area (Å²) in [6.45, 7) is 6.78. The largest absolute Gasteiger partial charge is 0.347 e. The fourth-order valence-corrected chi connectivity index (χ4v) is 2.96. The lowest BCUT2D eigenvalue weighted by Crippen LogP contribution is -2.47. The van der Waals surface area contributed by atoms with E-state index in [0.717, 1.165) is 10.9 Å². The highest BCUT2D eigenvalue weighted by Crippen LogP contribution is 2.21. The molecule has 6 nitrogen and oxygen atoms in total. The van der Waals surface area contributed by atoms with Crippen LogP contribution < -0.4 is 10.9 Å². The normalized spacial score (nSPS) is 12.9. The van der Waals surface area contributed by atoms with Crippen molar-refractivity contribution >= 4 is 16.8 Å². The average Bonchev–Trinajstić information content (AvgIpc) is 3.10. The van der Waals surface area contributed by atoms with Gasteiger partial charge in [-0.05, 0) is 22.9 Å². The van der Waals surface area contributed by atoms with Crippen LogP contribution in [0.25, 0.3) is 10.9 Å². The first-order valence-electron chi connectivity index (χ1n) is 8.63. The zero-order valence-corrected chi connectivity index (χ0v) is 15.6. The third-order valence-corrected chi connectivity index (χ3v) is 4.68. The quantitative estimate of drug-likeness (QED) is 0.785. The number of aryl methyl sites for hydroxylation is 1. The Morgan fingerprint density at radius 1 is 1.27 bits per heavy atom. The highest BCUT2D eigenvalue weighted by molar-refractivity contribution is 5.97. The molecule has 1 aromatic carbocycles. The fraction of sp³-hybridized carbons (Fsp3) is 0.350. The van der Waals surface area contributed by atoms with Gasteiger partial charge in [0.2, 0.25) is 0 Å². The van der Waals surface area contributed by atoms with Crippen LogP contribution >= 0.6 is 0 Å². The SMILES string of the molecule is Cn1c(=O)c(C(=O)NC(Cn2ccnc2)C(C)(C)C)cc2ccccc21. The molecule has 0 radical (unpaired) electrons. The Hall–Kier alpha value is -2.89. The summed E-state index contributed by atoms with van der Waals surface area (Å²) in [7, 11) is 1.69. The molecule has 2 heterocycles. The highest BCUT2D eigenvalue weighted by atomic mass is 16.2. The maximum absolute atomic E-state index is 12.9. The lowest BCUT2D eigenvalue weighted by molar-refractivity contribution is 0.0890. The molecule has 1 N–H and O–H groups in total. The van der Waals surface area contributed by atoms with Crippen LogP contribution in [0.2, 0.25) is 0 Å². The molecule has 0 spiro atoms. The van der Waals surface area contributed by atoms with Crippen molar-refractivity contribution in [2.45, 2.75) is 33.4 Å². The zero-order valence-electron chi connectivity index (χ0n) is 15.6. The van der Waals surface area contributed by atoms with Crippen LogP contribution in [0.15, 0.2) is 53.8 Å². The van der Waals surface area contributed by atoms with Crippen LogP contribution in [0.5, 0.6) is 0 Å². The molecule has 1 amide bonds. The van der Waals surface area contributed by atoms with E-state index in [-0.39, 0.29) is 28.5 Å². The van der Waals surface area contributed by atoms with E-state index in [4.69, 9.17) is 0 Å². The third kappa shape index (κ3) is 3.54. The molecule has 1 atom stereocenters. The van der Waals surface area contributed by atoms with Crippen LogP contribution in [0, 0.1) is 5.41 Å². The van der Waals surface area contributed by atoms with Gasteiger partial charge in [0.05, 0.1) is 17.9 Å². The molecule has 0 fully saturated rings. The number of carbonyl (C=O) groups excluding carboxylic acids is 1. The van der Waals surface area contributed by atoms with Crippen molar-refractivity contribution in [3.05, 3.63) is 65.0 Å². The van der Waals surface area contributed by atoms with Gasteiger partial charge >= 0.3 is 0 Å². The van der Waals surface area contributed by atoms with Crippen LogP contribution in [0.4, 0.5) is 0 Å². The van der Waals surface area contributed by atoms with E-state index in [0.29, 0.717) is 6.54 Å². The van der Waals surface area contributed by atoms with Crippen molar-refractivity contribution in [1.82, 2.24) is 19.4 Å². The number of nitrogens with one attached hydrogen (secondary N) is 1. The summed E-state index contributed by atoms with van der Waals surface area (Å²) in [6, 6.07) is 9.06. The second kappa shape index (κ2) is 6.78. The van der Waals surface area contributed by atoms with Crippen LogP contribution in [-0.2, 0) is 13.6 Å². The van der Waals surface area contributed by atoms with Crippen LogP contribution in [-0.4, -0.2) is 26.1 Å². The highest BCUT2D eigenvalue weighted by Gasteiger charge is 2.28. The smallest absolute Gasteiger partial charge is 0.263 e. The first-order chi connectivity index (χ1) is 12.3. The molecular formula is C20H24N4O2. The van der Waals surface area contributed by atoms with Gasteiger partial charge in [-0.25, -0.2) is 4.98 Å². The van der Waals surface area contributed by atoms with Gasteiger partial charge in [-0.1, -0.05) is 39.0 Å². The first kappa shape index (κ1) is 17.9. The van der Waals surface area contributed by atoms with E-state index >= 15 is 0 Å². The topological polar surface area (TPSA) is 68.9 Å². The third-order valence-electron chi connectivity index (χ3n) is 4.68. The molecule has 2 aromatic heterocycles. The van der Waals surface area contributed by atoms with Crippen molar-refractivity contribution in [2.24, 2.45) is 12.5 Å². The molecule has 0 aliphatic rings. The van der Waals surface area contributed by atoms with E-state index < -0.39 is 0 Å². The number of para-hydroxylation sites is 1. The van der Waals surface area contributed by atoms with Crippen molar-refractivity contribution in [3.63, 3.8) is 0 Å². The first-order valence-corrected chi connectivity index (χ1v) is 8.63. The second-order valence-corrected chi connectivity index (χ2v) is 7.63. The fourth-order valence-electron chi connectivity index (χ4n) is 2.96. The Morgan fingerprint density at radius 3 is 2.65 bits per heavy atom. The predicted octanol–water partition coefficient (Wildman–Crippen LogP) is 2.58. The van der Waals surface area contributed by atoms with E-state index in [1.54, 1.807) is 25.6 Å². The summed E-state index contributed by atoms with van der Waals surface area (Å²) < 4.78 is 3.45. The number of nitrogens with zero attached hydrogens (tertiary/aromatic N) is 3. The Labute approximate surface area is 152 Å². The minimum atomic E-state index is -0.351. The summed E-state index contributed by atoms with van der Waals surface area (Å²) in [6.07, 6.45) is 5.29. The van der Waals surface area contributed by atoms with Crippen molar-refractivity contribution in [1.29, 1.82) is 0 Å². The number of amides is 1. The lowest BCUT2D eigenvalue weighted by Gasteiger charge is -2.31. The number of benzene rings is 1. The molecule has 3 rings (SSSR count). The average molecular weight is 352 g/mol. The minimum Gasteiger partial charge on any atom is -0.347 e. The molecule has 1 unspecified atom stereocenters. The van der Waals surface area contributed by atoms with E-state index in [9.17, 15) is 9.59 Å². The molecule has 6 heteroatoms. The summed E-state index contributed by atoms with van der Waals surface area (Å²) in [4.78, 5) is 29.6. The van der Waals surface area contributed by atoms with Crippen LogP contribution in [0.3, 0.4) is 0 Å². The van der Waals surface area contributed by atoms with Gasteiger partial charge in [0.15, 0.2) is 0 Å². The van der Waals surface area contributed by atoms with Gasteiger partial charge in [-0.3, -0.25) is 9.59 Å². The number of hydrogen-bond donors (Lipinski definition) is 1. The molecule has 0 bridgehead atoms. The van der Waals surface area contributed by atoms with Gasteiger partial charge in [0, 0.05) is 26.0 Å². The Morgan fingerprint density at radius 2 is 2.00 bits per heavy atom. The number of pyridine rings is 1. The maximum Gasteiger partial charge on any atom is 0.263 e. The Kier molecular flexibility index (Phi) is 4.68. The monoisotopic (exact) mass is 352 g/mol. The van der Waals surface area contributed by atoms with Gasteiger partial charge < -0.3 is 14.5 Å². The minimum absolute atomic E-state index is 0.152. The maximum atomic E-state index is 12.9. The molecule has 0 saturated heterocycles. The van der Waals surface area contributed by atoms with Gasteiger partial charge in [-0.2, -0.15) is 0 Å². The van der Waals surface area contributed by atoms with Crippen molar-refractivity contribution in [2.75, 3.05) is 0 Å². The van der Waals surface area contributed by atoms with Gasteiger partial charge in [-0.15, -0.1) is 0 Å². The summed E-state index contributed by atoms with van der Waals surface area (Å²) >= 11 is 0. The molecule has 3 aromatic rings. The molecule has 26 heavy (non-hydrogen) atoms. The van der Waals surface area contributed by atoms with Crippen LogP contribution in [0.1, 0.15) is 31.1 Å². The number of imidazole rings is 1. The number of fused-ring (bicyclic) bond motifs is 1.